The predicted molar refractivity (Wildman–Crippen MR) is 110 cm³/mol. The zero-order chi connectivity index (χ0) is 20.1. The Bertz CT molecular complexity index is 974. The highest BCUT2D eigenvalue weighted by molar-refractivity contribution is 5.93. The van der Waals surface area contributed by atoms with Crippen LogP contribution in [0.2, 0.25) is 0 Å². The van der Waals surface area contributed by atoms with Gasteiger partial charge in [0, 0.05) is 56.4 Å². The minimum atomic E-state index is -0.254. The zero-order valence-corrected chi connectivity index (χ0v) is 16.0. The number of piperazine rings is 1. The molecular formula is C22H22FN5O. The molecule has 2 aromatic heterocycles. The molecule has 1 N–H and O–H groups in total. The number of halogens is 1. The second-order valence-corrected chi connectivity index (χ2v) is 6.84. The fraction of sp³-hybridized carbons (Fsp3) is 0.227. The van der Waals surface area contributed by atoms with Crippen molar-refractivity contribution >= 4 is 17.4 Å². The van der Waals surface area contributed by atoms with Crippen molar-refractivity contribution in [3.05, 3.63) is 84.1 Å². The fourth-order valence-corrected chi connectivity index (χ4v) is 3.34. The van der Waals surface area contributed by atoms with E-state index in [-0.39, 0.29) is 11.7 Å². The minimum absolute atomic E-state index is 0.0970. The number of amides is 1. The topological polar surface area (TPSA) is 61.4 Å². The molecular weight excluding hydrogens is 369 g/mol. The van der Waals surface area contributed by atoms with Gasteiger partial charge in [-0.05, 0) is 30.3 Å². The van der Waals surface area contributed by atoms with Crippen LogP contribution in [0.4, 0.5) is 15.9 Å². The lowest BCUT2D eigenvalue weighted by Crippen LogP contribution is -2.49. The van der Waals surface area contributed by atoms with E-state index in [2.05, 4.69) is 20.2 Å². The van der Waals surface area contributed by atoms with Gasteiger partial charge in [-0.3, -0.25) is 9.78 Å². The Morgan fingerprint density at radius 1 is 0.966 bits per heavy atom. The summed E-state index contributed by atoms with van der Waals surface area (Å²) in [5.74, 6) is 0.577. The molecule has 1 aliphatic heterocycles. The van der Waals surface area contributed by atoms with E-state index in [0.29, 0.717) is 30.9 Å². The number of anilines is 2. The van der Waals surface area contributed by atoms with Crippen LogP contribution < -0.4 is 10.2 Å². The number of hydrogen-bond acceptors (Lipinski definition) is 5. The van der Waals surface area contributed by atoms with Gasteiger partial charge in [0.05, 0.1) is 0 Å². The van der Waals surface area contributed by atoms with Crippen molar-refractivity contribution in [1.82, 2.24) is 14.9 Å². The maximum atomic E-state index is 13.8. The third kappa shape index (κ3) is 4.51. The van der Waals surface area contributed by atoms with E-state index >= 15 is 0 Å². The standard InChI is InChI=1S/C22H22FN5O/c23-19-6-2-1-5-17(19)16-26-18-8-10-24-20(15-18)22(29)28-13-11-27(12-14-28)21-7-3-4-9-25-21/h1-10,15H,11-14,16H2,(H,24,26). The fourth-order valence-electron chi connectivity index (χ4n) is 3.34. The van der Waals surface area contributed by atoms with Crippen LogP contribution in [0, 0.1) is 5.82 Å². The summed E-state index contributed by atoms with van der Waals surface area (Å²) in [6.07, 6.45) is 3.37. The van der Waals surface area contributed by atoms with Crippen LogP contribution in [-0.4, -0.2) is 47.0 Å². The molecule has 1 saturated heterocycles. The molecule has 0 atom stereocenters. The lowest BCUT2D eigenvalue weighted by molar-refractivity contribution is 0.0740. The van der Waals surface area contributed by atoms with Gasteiger partial charge in [0.25, 0.3) is 5.91 Å². The summed E-state index contributed by atoms with van der Waals surface area (Å²) in [7, 11) is 0. The summed E-state index contributed by atoms with van der Waals surface area (Å²) < 4.78 is 13.8. The molecule has 1 fully saturated rings. The maximum Gasteiger partial charge on any atom is 0.272 e. The maximum absolute atomic E-state index is 13.8. The van der Waals surface area contributed by atoms with Crippen LogP contribution in [0.3, 0.4) is 0 Å². The molecule has 0 bridgehead atoms. The molecule has 3 aromatic rings. The molecule has 0 unspecified atom stereocenters. The van der Waals surface area contributed by atoms with Gasteiger partial charge in [0.2, 0.25) is 0 Å². The lowest BCUT2D eigenvalue weighted by Gasteiger charge is -2.35. The van der Waals surface area contributed by atoms with Crippen molar-refractivity contribution < 1.29 is 9.18 Å². The number of pyridine rings is 2. The second-order valence-electron chi connectivity index (χ2n) is 6.84. The second kappa shape index (κ2) is 8.68. The summed E-state index contributed by atoms with van der Waals surface area (Å²) >= 11 is 0. The first kappa shape index (κ1) is 18.9. The van der Waals surface area contributed by atoms with E-state index in [0.717, 1.165) is 24.6 Å². The highest BCUT2D eigenvalue weighted by atomic mass is 19.1. The van der Waals surface area contributed by atoms with E-state index in [9.17, 15) is 9.18 Å². The van der Waals surface area contributed by atoms with Crippen LogP contribution in [-0.2, 0) is 6.54 Å². The molecule has 1 aliphatic rings. The number of carbonyl (C=O) groups excluding carboxylic acids is 1. The van der Waals surface area contributed by atoms with Crippen LogP contribution in [0.1, 0.15) is 16.1 Å². The van der Waals surface area contributed by atoms with Crippen molar-refractivity contribution in [1.29, 1.82) is 0 Å². The van der Waals surface area contributed by atoms with Crippen LogP contribution >= 0.6 is 0 Å². The van der Waals surface area contributed by atoms with E-state index < -0.39 is 0 Å². The number of hydrogen-bond donors (Lipinski definition) is 1. The van der Waals surface area contributed by atoms with E-state index in [4.69, 9.17) is 0 Å². The van der Waals surface area contributed by atoms with Crippen LogP contribution in [0.5, 0.6) is 0 Å². The van der Waals surface area contributed by atoms with Gasteiger partial charge in [-0.15, -0.1) is 0 Å². The van der Waals surface area contributed by atoms with Crippen LogP contribution in [0.25, 0.3) is 0 Å². The van der Waals surface area contributed by atoms with E-state index in [1.165, 1.54) is 6.07 Å². The molecule has 7 heteroatoms. The van der Waals surface area contributed by atoms with E-state index in [1.54, 1.807) is 42.7 Å². The van der Waals surface area contributed by atoms with Gasteiger partial charge >= 0.3 is 0 Å². The van der Waals surface area contributed by atoms with Crippen molar-refractivity contribution in [2.24, 2.45) is 0 Å². The summed E-state index contributed by atoms with van der Waals surface area (Å²) in [5, 5.41) is 3.16. The summed E-state index contributed by atoms with van der Waals surface area (Å²) in [5.41, 5.74) is 1.69. The Balaban J connectivity index is 1.37. The zero-order valence-electron chi connectivity index (χ0n) is 16.0. The van der Waals surface area contributed by atoms with Crippen molar-refractivity contribution in [2.45, 2.75) is 6.54 Å². The molecule has 0 aliphatic carbocycles. The summed E-state index contributed by atoms with van der Waals surface area (Å²) in [6.45, 7) is 3.03. The summed E-state index contributed by atoms with van der Waals surface area (Å²) in [4.78, 5) is 25.4. The largest absolute Gasteiger partial charge is 0.381 e. The highest BCUT2D eigenvalue weighted by Gasteiger charge is 2.23. The lowest BCUT2D eigenvalue weighted by atomic mass is 10.2. The number of nitrogens with one attached hydrogen (secondary N) is 1. The Hall–Kier alpha value is -3.48. The third-order valence-corrected chi connectivity index (χ3v) is 4.96. The van der Waals surface area contributed by atoms with Gasteiger partial charge in [0.1, 0.15) is 17.3 Å². The number of carbonyl (C=O) groups is 1. The van der Waals surface area contributed by atoms with E-state index in [1.807, 2.05) is 23.1 Å². The van der Waals surface area contributed by atoms with Crippen molar-refractivity contribution in [3.63, 3.8) is 0 Å². The predicted octanol–water partition coefficient (Wildman–Crippen LogP) is 3.19. The Kier molecular flexibility index (Phi) is 5.65. The quantitative estimate of drug-likeness (QED) is 0.724. The van der Waals surface area contributed by atoms with Gasteiger partial charge < -0.3 is 15.1 Å². The monoisotopic (exact) mass is 391 g/mol. The normalized spacial score (nSPS) is 14.0. The highest BCUT2D eigenvalue weighted by Crippen LogP contribution is 2.16. The Morgan fingerprint density at radius 2 is 1.76 bits per heavy atom. The molecule has 0 spiro atoms. The minimum Gasteiger partial charge on any atom is -0.381 e. The average Bonchev–Trinajstić information content (AvgIpc) is 2.79. The molecule has 4 rings (SSSR count). The number of aromatic nitrogens is 2. The smallest absolute Gasteiger partial charge is 0.272 e. The molecule has 29 heavy (non-hydrogen) atoms. The molecule has 1 aromatic carbocycles. The van der Waals surface area contributed by atoms with Crippen LogP contribution in [0.15, 0.2) is 67.0 Å². The van der Waals surface area contributed by atoms with Gasteiger partial charge in [-0.25, -0.2) is 9.37 Å². The SMILES string of the molecule is O=C(c1cc(NCc2ccccc2F)ccn1)N1CCN(c2ccccn2)CC1. The molecule has 148 valence electrons. The first-order valence-corrected chi connectivity index (χ1v) is 9.59. The number of benzene rings is 1. The molecule has 0 saturated carbocycles. The molecule has 1 amide bonds. The average molecular weight is 391 g/mol. The van der Waals surface area contributed by atoms with Gasteiger partial charge in [0.15, 0.2) is 0 Å². The number of nitrogens with zero attached hydrogens (tertiary/aromatic N) is 4. The third-order valence-electron chi connectivity index (χ3n) is 4.96. The molecule has 6 nitrogen and oxygen atoms in total. The Morgan fingerprint density at radius 3 is 2.52 bits per heavy atom. The first-order chi connectivity index (χ1) is 14.2. The van der Waals surface area contributed by atoms with Crippen molar-refractivity contribution in [2.75, 3.05) is 36.4 Å². The molecule has 3 heterocycles. The number of rotatable bonds is 5. The van der Waals surface area contributed by atoms with Crippen molar-refractivity contribution in [3.8, 4) is 0 Å². The first-order valence-electron chi connectivity index (χ1n) is 9.59. The Labute approximate surface area is 169 Å². The molecule has 0 radical (unpaired) electrons. The summed E-state index contributed by atoms with van der Waals surface area (Å²) in [6, 6.07) is 15.9. The van der Waals surface area contributed by atoms with Gasteiger partial charge in [-0.1, -0.05) is 24.3 Å². The van der Waals surface area contributed by atoms with Gasteiger partial charge in [-0.2, -0.15) is 0 Å².